The molecule has 2 rings (SSSR count). The highest BCUT2D eigenvalue weighted by Crippen LogP contribution is 2.29. The summed E-state index contributed by atoms with van der Waals surface area (Å²) in [5.74, 6) is 0.795. The Labute approximate surface area is 157 Å². The van der Waals surface area contributed by atoms with Gasteiger partial charge in [-0.1, -0.05) is 47.4 Å². The number of anilines is 1. The molecule has 6 heteroatoms. The number of carbonyl (C=O) groups is 1. The summed E-state index contributed by atoms with van der Waals surface area (Å²) in [5, 5.41) is 3.19. The molecule has 23 heavy (non-hydrogen) atoms. The maximum absolute atomic E-state index is 12.0. The minimum atomic E-state index is -0.269. The summed E-state index contributed by atoms with van der Waals surface area (Å²) in [6, 6.07) is 11.1. The monoisotopic (exact) mass is 459 g/mol. The van der Waals surface area contributed by atoms with Gasteiger partial charge in [-0.3, -0.25) is 4.79 Å². The predicted molar refractivity (Wildman–Crippen MR) is 102 cm³/mol. The molecular formula is C17H16Br2ClNO2. The van der Waals surface area contributed by atoms with Gasteiger partial charge in [0.25, 0.3) is 5.91 Å². The van der Waals surface area contributed by atoms with E-state index < -0.39 is 0 Å². The molecule has 1 amide bonds. The number of nitrogens with one attached hydrogen (secondary N) is 1. The molecule has 0 aliphatic rings. The third-order valence-corrected chi connectivity index (χ3v) is 4.61. The summed E-state index contributed by atoms with van der Waals surface area (Å²) >= 11 is 12.9. The van der Waals surface area contributed by atoms with Gasteiger partial charge in [-0.15, -0.1) is 0 Å². The fourth-order valence-corrected chi connectivity index (χ4v) is 3.15. The number of halogens is 3. The van der Waals surface area contributed by atoms with Crippen LogP contribution in [0.3, 0.4) is 0 Å². The average Bonchev–Trinajstić information content (AvgIpc) is 2.48. The standard InChI is InChI=1S/C17H16Br2ClNO2/c1-10(2)11-3-6-16(13(19)7-11)23-9-17(22)21-15-5-4-12(18)8-14(15)20/h3-8,10H,9H2,1-2H3,(H,21,22). The van der Waals surface area contributed by atoms with Crippen molar-refractivity contribution in [3.63, 3.8) is 0 Å². The second-order valence-electron chi connectivity index (χ2n) is 5.31. The van der Waals surface area contributed by atoms with Crippen LogP contribution in [0.2, 0.25) is 5.02 Å². The Morgan fingerprint density at radius 2 is 1.96 bits per heavy atom. The van der Waals surface area contributed by atoms with Crippen molar-refractivity contribution in [2.45, 2.75) is 19.8 Å². The molecule has 0 radical (unpaired) electrons. The SMILES string of the molecule is CC(C)c1ccc(OCC(=O)Nc2ccc(Br)cc2Cl)c(Br)c1. The van der Waals surface area contributed by atoms with Gasteiger partial charge < -0.3 is 10.1 Å². The van der Waals surface area contributed by atoms with Crippen LogP contribution < -0.4 is 10.1 Å². The van der Waals surface area contributed by atoms with Gasteiger partial charge in [-0.2, -0.15) is 0 Å². The fourth-order valence-electron chi connectivity index (χ4n) is 1.91. The first-order chi connectivity index (χ1) is 10.9. The first kappa shape index (κ1) is 18.3. The second-order valence-corrected chi connectivity index (χ2v) is 7.48. The smallest absolute Gasteiger partial charge is 0.262 e. The van der Waals surface area contributed by atoms with Crippen molar-refractivity contribution in [3.05, 3.63) is 55.9 Å². The number of hydrogen-bond donors (Lipinski definition) is 1. The van der Waals surface area contributed by atoms with E-state index >= 15 is 0 Å². The zero-order valence-corrected chi connectivity index (χ0v) is 16.6. The minimum absolute atomic E-state index is 0.0913. The lowest BCUT2D eigenvalue weighted by Gasteiger charge is -2.12. The predicted octanol–water partition coefficient (Wildman–Crippen LogP) is 6.01. The minimum Gasteiger partial charge on any atom is -0.483 e. The lowest BCUT2D eigenvalue weighted by atomic mass is 10.0. The zero-order chi connectivity index (χ0) is 17.0. The van der Waals surface area contributed by atoms with Crippen LogP contribution >= 0.6 is 43.5 Å². The molecule has 0 bridgehead atoms. The van der Waals surface area contributed by atoms with E-state index in [0.29, 0.717) is 22.4 Å². The van der Waals surface area contributed by atoms with Crippen LogP contribution in [0.5, 0.6) is 5.75 Å². The van der Waals surface area contributed by atoms with Gasteiger partial charge in [0.2, 0.25) is 0 Å². The molecule has 0 unspecified atom stereocenters. The lowest BCUT2D eigenvalue weighted by Crippen LogP contribution is -2.20. The van der Waals surface area contributed by atoms with Crippen LogP contribution in [0.1, 0.15) is 25.3 Å². The van der Waals surface area contributed by atoms with E-state index in [2.05, 4.69) is 51.0 Å². The Hall–Kier alpha value is -1.04. The van der Waals surface area contributed by atoms with Crippen LogP contribution in [0.4, 0.5) is 5.69 Å². The van der Waals surface area contributed by atoms with Gasteiger partial charge in [0.15, 0.2) is 6.61 Å². The number of carbonyl (C=O) groups excluding carboxylic acids is 1. The van der Waals surface area contributed by atoms with Crippen LogP contribution in [0, 0.1) is 0 Å². The molecule has 0 saturated heterocycles. The van der Waals surface area contributed by atoms with E-state index in [4.69, 9.17) is 16.3 Å². The van der Waals surface area contributed by atoms with Crippen molar-refractivity contribution in [1.82, 2.24) is 0 Å². The average molecular weight is 462 g/mol. The summed E-state index contributed by atoms with van der Waals surface area (Å²) in [5.41, 5.74) is 1.76. The van der Waals surface area contributed by atoms with E-state index in [0.717, 1.165) is 8.95 Å². The third kappa shape index (κ3) is 5.23. The zero-order valence-electron chi connectivity index (χ0n) is 12.7. The van der Waals surface area contributed by atoms with Gasteiger partial charge in [-0.05, 0) is 57.7 Å². The lowest BCUT2D eigenvalue weighted by molar-refractivity contribution is -0.118. The maximum Gasteiger partial charge on any atom is 0.262 e. The van der Waals surface area contributed by atoms with Gasteiger partial charge in [0, 0.05) is 4.47 Å². The first-order valence-electron chi connectivity index (χ1n) is 7.04. The molecular weight excluding hydrogens is 445 g/mol. The highest BCUT2D eigenvalue weighted by Gasteiger charge is 2.10. The number of hydrogen-bond acceptors (Lipinski definition) is 2. The molecule has 1 N–H and O–H groups in total. The topological polar surface area (TPSA) is 38.3 Å². The van der Waals surface area contributed by atoms with E-state index in [1.807, 2.05) is 24.3 Å². The molecule has 0 aromatic heterocycles. The summed E-state index contributed by atoms with van der Waals surface area (Å²) in [4.78, 5) is 12.0. The van der Waals surface area contributed by atoms with E-state index in [9.17, 15) is 4.79 Å². The van der Waals surface area contributed by atoms with Crippen molar-refractivity contribution < 1.29 is 9.53 Å². The van der Waals surface area contributed by atoms with E-state index in [-0.39, 0.29) is 12.5 Å². The van der Waals surface area contributed by atoms with Crippen molar-refractivity contribution >= 4 is 55.1 Å². The van der Waals surface area contributed by atoms with Crippen molar-refractivity contribution in [2.75, 3.05) is 11.9 Å². The van der Waals surface area contributed by atoms with Gasteiger partial charge in [-0.25, -0.2) is 0 Å². The highest BCUT2D eigenvalue weighted by molar-refractivity contribution is 9.10. The normalized spacial score (nSPS) is 10.7. The first-order valence-corrected chi connectivity index (χ1v) is 9.00. The third-order valence-electron chi connectivity index (χ3n) is 3.19. The Balaban J connectivity index is 1.96. The largest absolute Gasteiger partial charge is 0.483 e. The number of benzene rings is 2. The molecule has 0 atom stereocenters. The van der Waals surface area contributed by atoms with Gasteiger partial charge in [0.1, 0.15) is 5.75 Å². The number of ether oxygens (including phenoxy) is 1. The van der Waals surface area contributed by atoms with Crippen LogP contribution in [0.15, 0.2) is 45.3 Å². The Kier molecular flexibility index (Phi) is 6.50. The van der Waals surface area contributed by atoms with E-state index in [1.165, 1.54) is 5.56 Å². The second kappa shape index (κ2) is 8.18. The molecule has 0 spiro atoms. The molecule has 0 aliphatic heterocycles. The summed E-state index contributed by atoms with van der Waals surface area (Å²) in [6.07, 6.45) is 0. The maximum atomic E-state index is 12.0. The summed E-state index contributed by atoms with van der Waals surface area (Å²) < 4.78 is 7.24. The number of rotatable bonds is 5. The molecule has 122 valence electrons. The quantitative estimate of drug-likeness (QED) is 0.593. The Morgan fingerprint density at radius 1 is 1.22 bits per heavy atom. The Morgan fingerprint density at radius 3 is 2.57 bits per heavy atom. The summed E-state index contributed by atoms with van der Waals surface area (Å²) in [7, 11) is 0. The van der Waals surface area contributed by atoms with Crippen LogP contribution in [-0.2, 0) is 4.79 Å². The van der Waals surface area contributed by atoms with Crippen molar-refractivity contribution in [2.24, 2.45) is 0 Å². The molecule has 0 aliphatic carbocycles. The molecule has 3 nitrogen and oxygen atoms in total. The molecule has 0 heterocycles. The van der Waals surface area contributed by atoms with Gasteiger partial charge in [0.05, 0.1) is 15.2 Å². The number of amides is 1. The van der Waals surface area contributed by atoms with Crippen LogP contribution in [-0.4, -0.2) is 12.5 Å². The molecule has 2 aromatic rings. The molecule has 0 saturated carbocycles. The molecule has 0 fully saturated rings. The Bertz CT molecular complexity index is 720. The summed E-state index contributed by atoms with van der Waals surface area (Å²) in [6.45, 7) is 4.15. The van der Waals surface area contributed by atoms with Crippen LogP contribution in [0.25, 0.3) is 0 Å². The van der Waals surface area contributed by atoms with Crippen molar-refractivity contribution in [3.8, 4) is 5.75 Å². The van der Waals surface area contributed by atoms with Gasteiger partial charge >= 0.3 is 0 Å². The highest BCUT2D eigenvalue weighted by atomic mass is 79.9. The fraction of sp³-hybridized carbons (Fsp3) is 0.235. The molecule has 2 aromatic carbocycles. The van der Waals surface area contributed by atoms with Crippen molar-refractivity contribution in [1.29, 1.82) is 0 Å². The van der Waals surface area contributed by atoms with E-state index in [1.54, 1.807) is 12.1 Å².